The first kappa shape index (κ1) is 24.1. The van der Waals surface area contributed by atoms with Crippen LogP contribution in [-0.4, -0.2) is 24.9 Å². The van der Waals surface area contributed by atoms with Crippen molar-refractivity contribution < 1.29 is 13.2 Å². The number of pyridine rings is 1. The molecule has 0 atom stereocenters. The molecule has 10 heteroatoms. The minimum Gasteiger partial charge on any atom is -0.357 e. The van der Waals surface area contributed by atoms with Crippen molar-refractivity contribution in [1.29, 1.82) is 0 Å². The number of alkyl halides is 3. The van der Waals surface area contributed by atoms with E-state index in [0.717, 1.165) is 45.1 Å². The number of halogens is 3. The topological polar surface area (TPSA) is 67.6 Å². The molecule has 0 amide bonds. The number of hydrogen-bond acceptors (Lipinski definition) is 4. The van der Waals surface area contributed by atoms with Crippen LogP contribution in [0.15, 0.2) is 59.7 Å². The van der Waals surface area contributed by atoms with E-state index in [2.05, 4.69) is 9.71 Å². The van der Waals surface area contributed by atoms with Crippen LogP contribution in [-0.2, 0) is 19.8 Å². The standard InChI is InChI=1S/C26H24F3N5OS/c1-4-36-32-21-11-17(20-14-33(3)25(35)23-19(20)8-9-30-23)12-22-24(21)31-15(2)34(22)13-16-6-5-7-18(10-16)26(27,28)29/h5-12,14,30,32H,4,13H2,1-3H3. The van der Waals surface area contributed by atoms with Gasteiger partial charge in [0.25, 0.3) is 5.56 Å². The second-order valence-electron chi connectivity index (χ2n) is 8.60. The Morgan fingerprint density at radius 1 is 1.17 bits per heavy atom. The second kappa shape index (κ2) is 9.09. The van der Waals surface area contributed by atoms with Crippen LogP contribution in [0.2, 0.25) is 0 Å². The summed E-state index contributed by atoms with van der Waals surface area (Å²) < 4.78 is 46.7. The minimum absolute atomic E-state index is 0.120. The molecule has 36 heavy (non-hydrogen) atoms. The largest absolute Gasteiger partial charge is 0.416 e. The van der Waals surface area contributed by atoms with Crippen LogP contribution in [0.4, 0.5) is 18.9 Å². The Hall–Kier alpha value is -3.66. The average Bonchev–Trinajstić information content (AvgIpc) is 3.45. The first-order chi connectivity index (χ1) is 17.2. The van der Waals surface area contributed by atoms with Gasteiger partial charge in [-0.2, -0.15) is 13.2 Å². The van der Waals surface area contributed by atoms with Crippen molar-refractivity contribution in [2.45, 2.75) is 26.6 Å². The lowest BCUT2D eigenvalue weighted by atomic mass is 10.0. The SMILES string of the molecule is CCSNc1cc(-c2cn(C)c(=O)c3[nH]ccc23)cc2c1nc(C)n2Cc1cccc(C(F)(F)F)c1. The third-order valence-corrected chi connectivity index (χ3v) is 6.82. The zero-order valence-electron chi connectivity index (χ0n) is 19.9. The third-order valence-electron chi connectivity index (χ3n) is 6.17. The van der Waals surface area contributed by atoms with Gasteiger partial charge in [0.05, 0.1) is 16.8 Å². The zero-order chi connectivity index (χ0) is 25.6. The number of nitrogens with one attached hydrogen (secondary N) is 2. The number of aryl methyl sites for hydroxylation is 2. The molecular weight excluding hydrogens is 487 g/mol. The summed E-state index contributed by atoms with van der Waals surface area (Å²) in [5, 5.41) is 0.798. The fourth-order valence-corrected chi connectivity index (χ4v) is 4.90. The van der Waals surface area contributed by atoms with Gasteiger partial charge in [0.2, 0.25) is 0 Å². The smallest absolute Gasteiger partial charge is 0.357 e. The van der Waals surface area contributed by atoms with Crippen molar-refractivity contribution in [3.8, 4) is 11.1 Å². The van der Waals surface area contributed by atoms with Crippen LogP contribution in [0.3, 0.4) is 0 Å². The van der Waals surface area contributed by atoms with Crippen LogP contribution in [0.25, 0.3) is 33.1 Å². The molecule has 0 spiro atoms. The van der Waals surface area contributed by atoms with E-state index in [0.29, 0.717) is 16.9 Å². The molecule has 2 N–H and O–H groups in total. The van der Waals surface area contributed by atoms with E-state index in [4.69, 9.17) is 4.98 Å². The van der Waals surface area contributed by atoms with E-state index >= 15 is 0 Å². The summed E-state index contributed by atoms with van der Waals surface area (Å²) in [7, 11) is 1.71. The number of aromatic nitrogens is 4. The summed E-state index contributed by atoms with van der Waals surface area (Å²) in [5.74, 6) is 1.52. The second-order valence-corrected chi connectivity index (χ2v) is 9.67. The number of benzene rings is 2. The number of aromatic amines is 1. The highest BCUT2D eigenvalue weighted by Gasteiger charge is 2.30. The highest BCUT2D eigenvalue weighted by Crippen LogP contribution is 2.36. The van der Waals surface area contributed by atoms with Crippen LogP contribution in [0.1, 0.15) is 23.9 Å². The Morgan fingerprint density at radius 2 is 1.97 bits per heavy atom. The molecule has 3 heterocycles. The molecule has 5 rings (SSSR count). The first-order valence-corrected chi connectivity index (χ1v) is 12.4. The number of rotatable bonds is 6. The summed E-state index contributed by atoms with van der Waals surface area (Å²) >= 11 is 1.53. The van der Waals surface area contributed by atoms with Crippen LogP contribution in [0.5, 0.6) is 0 Å². The number of H-pyrrole nitrogens is 1. The summed E-state index contributed by atoms with van der Waals surface area (Å²) in [6.45, 7) is 4.12. The van der Waals surface area contributed by atoms with E-state index in [1.54, 1.807) is 25.5 Å². The van der Waals surface area contributed by atoms with E-state index in [-0.39, 0.29) is 12.1 Å². The monoisotopic (exact) mass is 511 g/mol. The van der Waals surface area contributed by atoms with Gasteiger partial charge in [-0.25, -0.2) is 4.98 Å². The van der Waals surface area contributed by atoms with Gasteiger partial charge >= 0.3 is 6.18 Å². The van der Waals surface area contributed by atoms with Gasteiger partial charge in [0.1, 0.15) is 16.9 Å². The number of fused-ring (bicyclic) bond motifs is 2. The molecule has 0 fully saturated rings. The van der Waals surface area contributed by atoms with Crippen molar-refractivity contribution in [3.05, 3.63) is 82.2 Å². The molecule has 2 aromatic carbocycles. The quantitative estimate of drug-likeness (QED) is 0.261. The van der Waals surface area contributed by atoms with Crippen molar-refractivity contribution >= 4 is 39.6 Å². The van der Waals surface area contributed by atoms with Gasteiger partial charge < -0.3 is 18.8 Å². The molecule has 0 radical (unpaired) electrons. The van der Waals surface area contributed by atoms with E-state index < -0.39 is 11.7 Å². The van der Waals surface area contributed by atoms with Gasteiger partial charge in [0.15, 0.2) is 0 Å². The zero-order valence-corrected chi connectivity index (χ0v) is 20.7. The Kier molecular flexibility index (Phi) is 6.07. The Bertz CT molecular complexity index is 1650. The van der Waals surface area contributed by atoms with Gasteiger partial charge in [-0.15, -0.1) is 0 Å². The molecule has 6 nitrogen and oxygen atoms in total. The molecule has 0 aliphatic carbocycles. The average molecular weight is 512 g/mol. The number of nitrogens with zero attached hydrogens (tertiary/aromatic N) is 3. The number of hydrogen-bond donors (Lipinski definition) is 2. The highest BCUT2D eigenvalue weighted by molar-refractivity contribution is 8.00. The molecule has 0 saturated heterocycles. The summed E-state index contributed by atoms with van der Waals surface area (Å²) in [4.78, 5) is 20.4. The highest BCUT2D eigenvalue weighted by atomic mass is 32.2. The van der Waals surface area contributed by atoms with Gasteiger partial charge in [-0.3, -0.25) is 4.79 Å². The summed E-state index contributed by atoms with van der Waals surface area (Å²) in [6, 6.07) is 11.2. The van der Waals surface area contributed by atoms with E-state index in [1.807, 2.05) is 36.6 Å². The Labute approximate surface area is 209 Å². The predicted octanol–water partition coefficient (Wildman–Crippen LogP) is 6.34. The summed E-state index contributed by atoms with van der Waals surface area (Å²) in [6.07, 6.45) is -0.867. The third kappa shape index (κ3) is 4.26. The summed E-state index contributed by atoms with van der Waals surface area (Å²) in [5.41, 5.74) is 4.31. The van der Waals surface area contributed by atoms with Gasteiger partial charge in [-0.1, -0.05) is 31.0 Å². The molecule has 0 bridgehead atoms. The fourth-order valence-electron chi connectivity index (χ4n) is 4.45. The normalized spacial score (nSPS) is 12.1. The van der Waals surface area contributed by atoms with Crippen LogP contribution in [0, 0.1) is 6.92 Å². The van der Waals surface area contributed by atoms with Crippen molar-refractivity contribution in [2.24, 2.45) is 7.05 Å². The fraction of sp³-hybridized carbons (Fsp3) is 0.231. The maximum atomic E-state index is 13.3. The molecule has 0 unspecified atom stereocenters. The van der Waals surface area contributed by atoms with Crippen LogP contribution < -0.4 is 10.3 Å². The van der Waals surface area contributed by atoms with Crippen molar-refractivity contribution in [3.63, 3.8) is 0 Å². The molecule has 0 saturated carbocycles. The lowest BCUT2D eigenvalue weighted by Crippen LogP contribution is -2.16. The number of imidazole rings is 1. The van der Waals surface area contributed by atoms with Crippen molar-refractivity contribution in [2.75, 3.05) is 10.5 Å². The predicted molar refractivity (Wildman–Crippen MR) is 139 cm³/mol. The van der Waals surface area contributed by atoms with Crippen molar-refractivity contribution in [1.82, 2.24) is 19.1 Å². The Morgan fingerprint density at radius 3 is 2.72 bits per heavy atom. The molecular formula is C26H24F3N5OS. The molecule has 186 valence electrons. The first-order valence-electron chi connectivity index (χ1n) is 11.4. The maximum absolute atomic E-state index is 13.3. The molecule has 5 aromatic rings. The minimum atomic E-state index is -4.41. The van der Waals surface area contributed by atoms with Gasteiger partial charge in [0, 0.05) is 42.7 Å². The molecule has 3 aromatic heterocycles. The van der Waals surface area contributed by atoms with Crippen LogP contribution >= 0.6 is 11.9 Å². The lowest BCUT2D eigenvalue weighted by molar-refractivity contribution is -0.137. The lowest BCUT2D eigenvalue weighted by Gasteiger charge is -2.13. The van der Waals surface area contributed by atoms with Gasteiger partial charge in [-0.05, 0) is 48.4 Å². The number of anilines is 1. The maximum Gasteiger partial charge on any atom is 0.416 e. The molecule has 0 aliphatic rings. The Balaban J connectivity index is 1.71. The van der Waals surface area contributed by atoms with E-state index in [9.17, 15) is 18.0 Å². The van der Waals surface area contributed by atoms with E-state index in [1.165, 1.54) is 28.6 Å². The molecule has 0 aliphatic heterocycles.